The first kappa shape index (κ1) is 21.1. The molecule has 2 amide bonds. The van der Waals surface area contributed by atoms with Crippen LogP contribution >= 0.6 is 0 Å². The van der Waals surface area contributed by atoms with Crippen LogP contribution < -0.4 is 10.6 Å². The molecule has 2 fully saturated rings. The number of ether oxygens (including phenoxy) is 2. The summed E-state index contributed by atoms with van der Waals surface area (Å²) in [6.07, 6.45) is 3.99. The Hall–Kier alpha value is -1.18. The summed E-state index contributed by atoms with van der Waals surface area (Å²) in [5.74, 6) is 0.301. The summed E-state index contributed by atoms with van der Waals surface area (Å²) >= 11 is 0. The lowest BCUT2D eigenvalue weighted by atomic mass is 10.1. The number of rotatable bonds is 14. The van der Waals surface area contributed by atoms with Crippen LogP contribution in [0.5, 0.6) is 0 Å². The van der Waals surface area contributed by atoms with Crippen LogP contribution in [0.25, 0.3) is 0 Å². The van der Waals surface area contributed by atoms with Gasteiger partial charge in [0.25, 0.3) is 0 Å². The Morgan fingerprint density at radius 1 is 0.808 bits per heavy atom. The summed E-state index contributed by atoms with van der Waals surface area (Å²) in [5.41, 5.74) is -0.224. The minimum atomic E-state index is -0.112. The van der Waals surface area contributed by atoms with Crippen molar-refractivity contribution in [3.63, 3.8) is 0 Å². The zero-order valence-electron chi connectivity index (χ0n) is 16.6. The summed E-state index contributed by atoms with van der Waals surface area (Å²) in [7, 11) is 2.03. The predicted molar refractivity (Wildman–Crippen MR) is 99.8 cm³/mol. The monoisotopic (exact) mass is 369 g/mol. The predicted octanol–water partition coefficient (Wildman–Crippen LogP) is 0.784. The highest BCUT2D eigenvalue weighted by molar-refractivity contribution is 5.85. The molecule has 0 aliphatic heterocycles. The number of hydrogen-bond acceptors (Lipinski definition) is 5. The third-order valence-corrected chi connectivity index (χ3v) is 5.39. The molecule has 0 unspecified atom stereocenters. The van der Waals surface area contributed by atoms with Gasteiger partial charge in [0.2, 0.25) is 11.8 Å². The molecule has 0 radical (unpaired) electrons. The fourth-order valence-electron chi connectivity index (χ4n) is 2.49. The summed E-state index contributed by atoms with van der Waals surface area (Å²) in [5, 5.41) is 5.84. The van der Waals surface area contributed by atoms with E-state index in [1.165, 1.54) is 0 Å². The molecule has 0 aromatic heterocycles. The number of carbonyl (C=O) groups excluding carboxylic acids is 2. The Balaban J connectivity index is 1.33. The van der Waals surface area contributed by atoms with Crippen LogP contribution in [0.1, 0.15) is 39.5 Å². The molecule has 7 heteroatoms. The number of hydrogen-bond donors (Lipinski definition) is 2. The van der Waals surface area contributed by atoms with Gasteiger partial charge in [-0.25, -0.2) is 0 Å². The lowest BCUT2D eigenvalue weighted by Gasteiger charge is -2.17. The normalized spacial score (nSPS) is 19.2. The topological polar surface area (TPSA) is 79.9 Å². The first-order valence-corrected chi connectivity index (χ1v) is 9.76. The van der Waals surface area contributed by atoms with E-state index < -0.39 is 0 Å². The highest BCUT2D eigenvalue weighted by Crippen LogP contribution is 2.45. The minimum absolute atomic E-state index is 0.112. The van der Waals surface area contributed by atoms with Gasteiger partial charge in [-0.3, -0.25) is 9.59 Å². The van der Waals surface area contributed by atoms with E-state index in [4.69, 9.17) is 9.47 Å². The van der Waals surface area contributed by atoms with Crippen molar-refractivity contribution in [2.45, 2.75) is 39.5 Å². The standard InChI is InChI=1S/C19H35N3O4/c1-18(4-5-18)16(23)20-8-12-25-14-10-22(3)11-15-26-13-9-21-17(24)19(2)6-7-19/h4-15H2,1-3H3,(H,20,23)(H,21,24). The van der Waals surface area contributed by atoms with Crippen molar-refractivity contribution in [2.75, 3.05) is 59.7 Å². The lowest BCUT2D eigenvalue weighted by Crippen LogP contribution is -2.34. The molecule has 0 spiro atoms. The van der Waals surface area contributed by atoms with Crippen molar-refractivity contribution in [1.29, 1.82) is 0 Å². The Labute approximate surface area is 157 Å². The molecule has 0 atom stereocenters. The maximum absolute atomic E-state index is 11.7. The fraction of sp³-hybridized carbons (Fsp3) is 0.895. The van der Waals surface area contributed by atoms with Crippen LogP contribution in [0, 0.1) is 10.8 Å². The van der Waals surface area contributed by atoms with E-state index in [1.54, 1.807) is 0 Å². The van der Waals surface area contributed by atoms with Gasteiger partial charge in [0, 0.05) is 37.0 Å². The van der Waals surface area contributed by atoms with Crippen LogP contribution in [-0.4, -0.2) is 76.4 Å². The smallest absolute Gasteiger partial charge is 0.226 e. The summed E-state index contributed by atoms with van der Waals surface area (Å²) in [4.78, 5) is 25.6. The van der Waals surface area contributed by atoms with Crippen molar-refractivity contribution < 1.29 is 19.1 Å². The van der Waals surface area contributed by atoms with Gasteiger partial charge in [0.1, 0.15) is 0 Å². The quantitative estimate of drug-likeness (QED) is 0.443. The van der Waals surface area contributed by atoms with Crippen LogP contribution in [0.2, 0.25) is 0 Å². The van der Waals surface area contributed by atoms with Gasteiger partial charge in [-0.1, -0.05) is 13.8 Å². The van der Waals surface area contributed by atoms with Crippen LogP contribution in [-0.2, 0) is 19.1 Å². The third kappa shape index (κ3) is 7.21. The van der Waals surface area contributed by atoms with E-state index in [2.05, 4.69) is 15.5 Å². The Morgan fingerprint density at radius 2 is 1.19 bits per heavy atom. The van der Waals surface area contributed by atoms with Crippen LogP contribution in [0.15, 0.2) is 0 Å². The molecule has 0 bridgehead atoms. The molecule has 150 valence electrons. The molecule has 2 rings (SSSR count). The Bertz CT molecular complexity index is 433. The first-order chi connectivity index (χ1) is 12.4. The van der Waals surface area contributed by atoms with Gasteiger partial charge in [0.15, 0.2) is 0 Å². The van der Waals surface area contributed by atoms with Gasteiger partial charge in [0.05, 0.1) is 26.4 Å². The molecular weight excluding hydrogens is 334 g/mol. The summed E-state index contributed by atoms with van der Waals surface area (Å²) in [6, 6.07) is 0. The Kier molecular flexibility index (Phi) is 7.85. The molecule has 0 saturated heterocycles. The third-order valence-electron chi connectivity index (χ3n) is 5.39. The zero-order valence-corrected chi connectivity index (χ0v) is 16.6. The molecule has 0 aromatic carbocycles. The highest BCUT2D eigenvalue weighted by Gasteiger charge is 2.45. The molecule has 2 aliphatic carbocycles. The van der Waals surface area contributed by atoms with Crippen molar-refractivity contribution in [1.82, 2.24) is 15.5 Å². The SMILES string of the molecule is CN(CCOCCNC(=O)C1(C)CC1)CCOCCNC(=O)C1(C)CC1. The molecule has 2 saturated carbocycles. The van der Waals surface area contributed by atoms with Gasteiger partial charge < -0.3 is 25.0 Å². The summed E-state index contributed by atoms with van der Waals surface area (Å²) < 4.78 is 11.1. The summed E-state index contributed by atoms with van der Waals surface area (Å²) in [6.45, 7) is 9.17. The highest BCUT2D eigenvalue weighted by atomic mass is 16.5. The van der Waals surface area contributed by atoms with Crippen LogP contribution in [0.4, 0.5) is 0 Å². The van der Waals surface area contributed by atoms with Crippen molar-refractivity contribution in [3.05, 3.63) is 0 Å². The second kappa shape index (κ2) is 9.67. The number of likely N-dealkylation sites (N-methyl/N-ethyl adjacent to an activating group) is 1. The minimum Gasteiger partial charge on any atom is -0.378 e. The molecule has 0 heterocycles. The maximum atomic E-state index is 11.7. The van der Waals surface area contributed by atoms with Gasteiger partial charge in [-0.05, 0) is 32.7 Å². The average Bonchev–Trinajstić information content (AvgIpc) is 3.53. The number of nitrogens with one attached hydrogen (secondary N) is 2. The zero-order chi connectivity index (χ0) is 19.0. The van der Waals surface area contributed by atoms with Crippen molar-refractivity contribution in [3.8, 4) is 0 Å². The van der Waals surface area contributed by atoms with E-state index in [9.17, 15) is 9.59 Å². The second-order valence-electron chi connectivity index (χ2n) is 8.16. The average molecular weight is 370 g/mol. The van der Waals surface area contributed by atoms with Crippen molar-refractivity contribution >= 4 is 11.8 Å². The van der Waals surface area contributed by atoms with E-state index in [0.717, 1.165) is 38.8 Å². The van der Waals surface area contributed by atoms with Gasteiger partial charge in [-0.2, -0.15) is 0 Å². The molecular formula is C19H35N3O4. The molecule has 2 N–H and O–H groups in total. The van der Waals surface area contributed by atoms with Crippen LogP contribution in [0.3, 0.4) is 0 Å². The molecule has 7 nitrogen and oxygen atoms in total. The van der Waals surface area contributed by atoms with E-state index in [0.29, 0.717) is 39.5 Å². The molecule has 0 aromatic rings. The first-order valence-electron chi connectivity index (χ1n) is 9.76. The second-order valence-corrected chi connectivity index (χ2v) is 8.16. The Morgan fingerprint density at radius 3 is 1.54 bits per heavy atom. The molecule has 26 heavy (non-hydrogen) atoms. The van der Waals surface area contributed by atoms with E-state index in [-0.39, 0.29) is 22.6 Å². The maximum Gasteiger partial charge on any atom is 0.226 e. The van der Waals surface area contributed by atoms with E-state index in [1.807, 2.05) is 20.9 Å². The fourth-order valence-corrected chi connectivity index (χ4v) is 2.49. The number of amides is 2. The number of nitrogens with zero attached hydrogens (tertiary/aromatic N) is 1. The van der Waals surface area contributed by atoms with Crippen molar-refractivity contribution in [2.24, 2.45) is 10.8 Å². The van der Waals surface area contributed by atoms with Gasteiger partial charge in [-0.15, -0.1) is 0 Å². The van der Waals surface area contributed by atoms with Gasteiger partial charge >= 0.3 is 0 Å². The number of carbonyl (C=O) groups is 2. The largest absolute Gasteiger partial charge is 0.378 e. The molecule has 2 aliphatic rings. The van der Waals surface area contributed by atoms with E-state index >= 15 is 0 Å². The lowest BCUT2D eigenvalue weighted by molar-refractivity contribution is -0.126.